The summed E-state index contributed by atoms with van der Waals surface area (Å²) in [5, 5.41) is 8.13. The molecule has 3 N–H and O–H groups in total. The molecule has 0 fully saturated rings. The highest BCUT2D eigenvalue weighted by atomic mass is 35.5. The van der Waals surface area contributed by atoms with Crippen LogP contribution in [0.5, 0.6) is 5.75 Å². The van der Waals surface area contributed by atoms with Gasteiger partial charge in [-0.15, -0.1) is 0 Å². The van der Waals surface area contributed by atoms with E-state index in [0.717, 1.165) is 22.3 Å². The summed E-state index contributed by atoms with van der Waals surface area (Å²) in [5.41, 5.74) is 8.27. The third kappa shape index (κ3) is 4.62. The maximum atomic E-state index is 12.3. The number of fused-ring (bicyclic) bond motifs is 1. The molecule has 1 aromatic carbocycles. The summed E-state index contributed by atoms with van der Waals surface area (Å²) >= 11 is 11.7. The molecule has 0 bridgehead atoms. The fourth-order valence-electron chi connectivity index (χ4n) is 3.01. The van der Waals surface area contributed by atoms with Gasteiger partial charge in [0.25, 0.3) is 0 Å². The van der Waals surface area contributed by atoms with Crippen molar-refractivity contribution in [1.29, 1.82) is 0 Å². The van der Waals surface area contributed by atoms with Crippen LogP contribution in [0.15, 0.2) is 48.7 Å². The van der Waals surface area contributed by atoms with Crippen molar-refractivity contribution in [3.63, 3.8) is 0 Å². The Hall–Kier alpha value is -3.56. The van der Waals surface area contributed by atoms with E-state index in [2.05, 4.69) is 31.2 Å². The van der Waals surface area contributed by atoms with Crippen LogP contribution in [0.25, 0.3) is 22.2 Å². The summed E-state index contributed by atoms with van der Waals surface area (Å²) in [6, 6.07) is 11.9. The van der Waals surface area contributed by atoms with Gasteiger partial charge in [-0.2, -0.15) is 5.10 Å². The predicted molar refractivity (Wildman–Crippen MR) is 121 cm³/mol. The zero-order chi connectivity index (χ0) is 22.0. The summed E-state index contributed by atoms with van der Waals surface area (Å²) < 4.78 is 6.89. The van der Waals surface area contributed by atoms with Gasteiger partial charge < -0.3 is 10.1 Å². The SMILES string of the molecule is COc1ccc(-c2cc(NNC(=O)Nc3cc(Cl)nc(Cl)c3)nc3c2cnn3C)cc1. The third-order valence-electron chi connectivity index (χ3n) is 4.43. The Morgan fingerprint density at radius 1 is 1.06 bits per heavy atom. The number of carbonyl (C=O) groups excluding carboxylic acids is 1. The number of hydrazine groups is 1. The minimum absolute atomic E-state index is 0.170. The van der Waals surface area contributed by atoms with Crippen molar-refractivity contribution < 1.29 is 9.53 Å². The van der Waals surface area contributed by atoms with Crippen LogP contribution in [0.3, 0.4) is 0 Å². The van der Waals surface area contributed by atoms with Crippen LogP contribution in [0.4, 0.5) is 16.3 Å². The van der Waals surface area contributed by atoms with Gasteiger partial charge >= 0.3 is 6.03 Å². The lowest BCUT2D eigenvalue weighted by Gasteiger charge is -2.12. The van der Waals surface area contributed by atoms with Crippen molar-refractivity contribution in [3.8, 4) is 16.9 Å². The normalized spacial score (nSPS) is 10.7. The number of nitrogens with one attached hydrogen (secondary N) is 3. The Balaban J connectivity index is 1.57. The van der Waals surface area contributed by atoms with Gasteiger partial charge in [-0.3, -0.25) is 15.5 Å². The van der Waals surface area contributed by atoms with Gasteiger partial charge in [0, 0.05) is 18.1 Å². The van der Waals surface area contributed by atoms with Crippen LogP contribution < -0.4 is 20.9 Å². The minimum Gasteiger partial charge on any atom is -0.497 e. The third-order valence-corrected chi connectivity index (χ3v) is 4.82. The number of pyridine rings is 2. The van der Waals surface area contributed by atoms with Gasteiger partial charge in [0.15, 0.2) is 5.65 Å². The molecule has 0 aliphatic carbocycles. The number of aromatic nitrogens is 4. The fourth-order valence-corrected chi connectivity index (χ4v) is 3.47. The van der Waals surface area contributed by atoms with Crippen LogP contribution in [-0.2, 0) is 7.05 Å². The van der Waals surface area contributed by atoms with E-state index in [0.29, 0.717) is 17.2 Å². The number of hydrogen-bond donors (Lipinski definition) is 3. The van der Waals surface area contributed by atoms with E-state index < -0.39 is 6.03 Å². The maximum absolute atomic E-state index is 12.3. The molecule has 4 rings (SSSR count). The molecule has 3 aromatic heterocycles. The number of nitrogens with zero attached hydrogens (tertiary/aromatic N) is 4. The summed E-state index contributed by atoms with van der Waals surface area (Å²) in [5.74, 6) is 1.19. The molecule has 0 saturated heterocycles. The average Bonchev–Trinajstić information content (AvgIpc) is 3.12. The Kier molecular flexibility index (Phi) is 5.79. The maximum Gasteiger partial charge on any atom is 0.337 e. The molecule has 11 heteroatoms. The number of urea groups is 1. The molecule has 0 unspecified atom stereocenters. The van der Waals surface area contributed by atoms with Gasteiger partial charge in [0.05, 0.1) is 13.3 Å². The molecule has 0 radical (unpaired) electrons. The molecule has 9 nitrogen and oxygen atoms in total. The molecule has 3 heterocycles. The molecule has 0 aliphatic rings. The first kappa shape index (κ1) is 20.7. The van der Waals surface area contributed by atoms with E-state index in [9.17, 15) is 4.79 Å². The molecule has 31 heavy (non-hydrogen) atoms. The number of carbonyl (C=O) groups is 1. The van der Waals surface area contributed by atoms with Crippen LogP contribution in [-0.4, -0.2) is 32.9 Å². The lowest BCUT2D eigenvalue weighted by molar-refractivity contribution is 0.254. The number of amides is 2. The van der Waals surface area contributed by atoms with Gasteiger partial charge in [0.2, 0.25) is 0 Å². The van der Waals surface area contributed by atoms with Gasteiger partial charge in [-0.25, -0.2) is 14.8 Å². The minimum atomic E-state index is -0.531. The van der Waals surface area contributed by atoms with Gasteiger partial charge in [-0.1, -0.05) is 35.3 Å². The van der Waals surface area contributed by atoms with Crippen molar-refractivity contribution in [2.45, 2.75) is 0 Å². The van der Waals surface area contributed by atoms with E-state index >= 15 is 0 Å². The fraction of sp³-hybridized carbons (Fsp3) is 0.100. The second kappa shape index (κ2) is 8.66. The molecule has 0 aliphatic heterocycles. The molecule has 0 atom stereocenters. The zero-order valence-corrected chi connectivity index (χ0v) is 18.0. The first-order chi connectivity index (χ1) is 14.9. The lowest BCUT2D eigenvalue weighted by Crippen LogP contribution is -2.34. The van der Waals surface area contributed by atoms with Crippen LogP contribution >= 0.6 is 23.2 Å². The smallest absolute Gasteiger partial charge is 0.337 e. The highest BCUT2D eigenvalue weighted by molar-refractivity contribution is 6.33. The van der Waals surface area contributed by atoms with Crippen molar-refractivity contribution in [2.24, 2.45) is 7.05 Å². The number of aryl methyl sites for hydroxylation is 1. The van der Waals surface area contributed by atoms with E-state index in [1.807, 2.05) is 30.3 Å². The number of halogens is 2. The zero-order valence-electron chi connectivity index (χ0n) is 16.5. The number of methoxy groups -OCH3 is 1. The second-order valence-electron chi connectivity index (χ2n) is 6.49. The quantitative estimate of drug-likeness (QED) is 0.301. The number of hydrogen-bond acceptors (Lipinski definition) is 6. The van der Waals surface area contributed by atoms with Crippen LogP contribution in [0, 0.1) is 0 Å². The molecule has 0 spiro atoms. The van der Waals surface area contributed by atoms with E-state index in [1.165, 1.54) is 12.1 Å². The van der Waals surface area contributed by atoms with Crippen LogP contribution in [0.2, 0.25) is 10.3 Å². The Morgan fingerprint density at radius 3 is 2.45 bits per heavy atom. The molecule has 0 saturated carbocycles. The number of rotatable bonds is 5. The standard InChI is InChI=1S/C20H17Cl2N7O2/c1-29-19-15(10-23-29)14(11-3-5-13(31-2)6-4-11)9-18(26-19)27-28-20(30)24-12-7-16(21)25-17(22)8-12/h3-10H,1-2H3,(H,26,27)(H2,24,25,28,30). The van der Waals surface area contributed by atoms with Crippen molar-refractivity contribution in [2.75, 3.05) is 17.9 Å². The second-order valence-corrected chi connectivity index (χ2v) is 7.27. The summed E-state index contributed by atoms with van der Waals surface area (Å²) in [6.45, 7) is 0. The van der Waals surface area contributed by atoms with E-state index in [-0.39, 0.29) is 10.3 Å². The summed E-state index contributed by atoms with van der Waals surface area (Å²) in [7, 11) is 3.42. The lowest BCUT2D eigenvalue weighted by atomic mass is 10.0. The molecular weight excluding hydrogens is 441 g/mol. The van der Waals surface area contributed by atoms with E-state index in [1.54, 1.807) is 25.0 Å². The number of ether oxygens (including phenoxy) is 1. The van der Waals surface area contributed by atoms with E-state index in [4.69, 9.17) is 27.9 Å². The van der Waals surface area contributed by atoms with Crippen molar-refractivity contribution >= 4 is 51.8 Å². The van der Waals surface area contributed by atoms with Crippen molar-refractivity contribution in [1.82, 2.24) is 25.2 Å². The highest BCUT2D eigenvalue weighted by Gasteiger charge is 2.13. The first-order valence-electron chi connectivity index (χ1n) is 9.06. The average molecular weight is 458 g/mol. The molecule has 158 valence electrons. The van der Waals surface area contributed by atoms with Crippen LogP contribution in [0.1, 0.15) is 0 Å². The van der Waals surface area contributed by atoms with Crippen molar-refractivity contribution in [3.05, 3.63) is 59.0 Å². The summed E-state index contributed by atoms with van der Waals surface area (Å²) in [4.78, 5) is 20.6. The van der Waals surface area contributed by atoms with Gasteiger partial charge in [-0.05, 0) is 41.5 Å². The number of anilines is 2. The largest absolute Gasteiger partial charge is 0.497 e. The highest BCUT2D eigenvalue weighted by Crippen LogP contribution is 2.31. The Bertz CT molecular complexity index is 1240. The molecular formula is C20H17Cl2N7O2. The molecule has 2 amide bonds. The Labute approximate surface area is 187 Å². The molecule has 4 aromatic rings. The first-order valence-corrected chi connectivity index (χ1v) is 9.82. The Morgan fingerprint density at radius 2 is 1.77 bits per heavy atom. The monoisotopic (exact) mass is 457 g/mol. The van der Waals surface area contributed by atoms with Gasteiger partial charge in [0.1, 0.15) is 21.9 Å². The topological polar surface area (TPSA) is 106 Å². The summed E-state index contributed by atoms with van der Waals surface area (Å²) in [6.07, 6.45) is 1.75. The number of benzene rings is 1. The predicted octanol–water partition coefficient (Wildman–Crippen LogP) is 4.49.